The Kier molecular flexibility index (Phi) is 4.36. The van der Waals surface area contributed by atoms with Crippen LogP contribution in [0, 0.1) is 0 Å². The van der Waals surface area contributed by atoms with Gasteiger partial charge in [0.05, 0.1) is 13.2 Å². The third-order valence-corrected chi connectivity index (χ3v) is 5.54. The predicted molar refractivity (Wildman–Crippen MR) is 115 cm³/mol. The first kappa shape index (κ1) is 18.2. The van der Waals surface area contributed by atoms with Gasteiger partial charge in [-0.25, -0.2) is 4.79 Å². The van der Waals surface area contributed by atoms with Crippen molar-refractivity contribution < 1.29 is 14.6 Å². The molecule has 0 saturated heterocycles. The number of hydrogen-bond acceptors (Lipinski definition) is 3. The van der Waals surface area contributed by atoms with Gasteiger partial charge in [-0.1, -0.05) is 60.7 Å². The zero-order valence-electron chi connectivity index (χ0n) is 16.2. The minimum atomic E-state index is -1.12. The van der Waals surface area contributed by atoms with Crippen LogP contribution in [0.1, 0.15) is 21.6 Å². The zero-order chi connectivity index (χ0) is 20.7. The summed E-state index contributed by atoms with van der Waals surface area (Å²) < 4.78 is 6.94. The van der Waals surface area contributed by atoms with Gasteiger partial charge in [-0.05, 0) is 34.2 Å². The fraction of sp³-hybridized carbons (Fsp3) is 0.120. The standard InChI is InChI=1S/C25H19NO4/c27-24-20-9-5-4-8-19(20)22(17-6-2-1-3-7-17)23(25(28)29)26(24)15-16-10-11-21-18(14-16)12-13-30-21/h1-11,14H,12-13,15H2,(H,28,29). The number of benzene rings is 3. The quantitative estimate of drug-likeness (QED) is 0.556. The first-order chi connectivity index (χ1) is 14.6. The van der Waals surface area contributed by atoms with E-state index >= 15 is 0 Å². The molecule has 4 aromatic rings. The highest BCUT2D eigenvalue weighted by molar-refractivity contribution is 6.06. The maximum atomic E-state index is 13.4. The zero-order valence-corrected chi connectivity index (χ0v) is 16.2. The summed E-state index contributed by atoms with van der Waals surface area (Å²) in [5.74, 6) is -0.269. The molecule has 5 nitrogen and oxygen atoms in total. The summed E-state index contributed by atoms with van der Waals surface area (Å²) in [5, 5.41) is 11.3. The largest absolute Gasteiger partial charge is 0.493 e. The number of rotatable bonds is 4. The van der Waals surface area contributed by atoms with Crippen molar-refractivity contribution in [3.05, 3.63) is 100.0 Å². The number of fused-ring (bicyclic) bond motifs is 2. The second kappa shape index (κ2) is 7.19. The molecular weight excluding hydrogens is 378 g/mol. The van der Waals surface area contributed by atoms with Gasteiger partial charge in [0.25, 0.3) is 5.56 Å². The molecule has 148 valence electrons. The van der Waals surface area contributed by atoms with Crippen molar-refractivity contribution in [2.45, 2.75) is 13.0 Å². The summed E-state index contributed by atoms with van der Waals surface area (Å²) in [4.78, 5) is 25.8. The van der Waals surface area contributed by atoms with Crippen LogP contribution in [-0.2, 0) is 13.0 Å². The van der Waals surface area contributed by atoms with E-state index in [9.17, 15) is 14.7 Å². The van der Waals surface area contributed by atoms with E-state index in [1.54, 1.807) is 12.1 Å². The maximum absolute atomic E-state index is 13.4. The van der Waals surface area contributed by atoms with Crippen LogP contribution in [0.4, 0.5) is 0 Å². The Morgan fingerprint density at radius 3 is 2.47 bits per heavy atom. The minimum absolute atomic E-state index is 0.00153. The van der Waals surface area contributed by atoms with Crippen LogP contribution in [0.25, 0.3) is 21.9 Å². The van der Waals surface area contributed by atoms with E-state index in [0.29, 0.717) is 22.9 Å². The molecule has 2 heterocycles. The lowest BCUT2D eigenvalue weighted by Crippen LogP contribution is -2.28. The smallest absolute Gasteiger partial charge is 0.353 e. The number of aromatic carboxylic acids is 1. The van der Waals surface area contributed by atoms with Gasteiger partial charge in [-0.2, -0.15) is 0 Å². The number of carboxylic acid groups (broad SMARTS) is 1. The number of ether oxygens (including phenoxy) is 1. The van der Waals surface area contributed by atoms with Crippen molar-refractivity contribution in [1.29, 1.82) is 0 Å². The molecule has 1 aliphatic heterocycles. The summed E-state index contributed by atoms with van der Waals surface area (Å²) in [6, 6.07) is 22.3. The summed E-state index contributed by atoms with van der Waals surface area (Å²) in [5.41, 5.74) is 2.98. The van der Waals surface area contributed by atoms with Crippen LogP contribution in [0.2, 0.25) is 0 Å². The molecule has 3 aromatic carbocycles. The van der Waals surface area contributed by atoms with Crippen molar-refractivity contribution in [3.8, 4) is 16.9 Å². The van der Waals surface area contributed by atoms with E-state index in [-0.39, 0.29) is 17.8 Å². The van der Waals surface area contributed by atoms with E-state index in [1.165, 1.54) is 4.57 Å². The lowest BCUT2D eigenvalue weighted by atomic mass is 9.96. The van der Waals surface area contributed by atoms with Crippen molar-refractivity contribution in [3.63, 3.8) is 0 Å². The van der Waals surface area contributed by atoms with Crippen LogP contribution in [0.15, 0.2) is 77.6 Å². The second-order valence-corrected chi connectivity index (χ2v) is 7.37. The molecule has 30 heavy (non-hydrogen) atoms. The van der Waals surface area contributed by atoms with E-state index in [1.807, 2.05) is 60.7 Å². The third kappa shape index (κ3) is 2.95. The SMILES string of the molecule is O=C(O)c1c(-c2ccccc2)c2ccccc2c(=O)n1Cc1ccc2c(c1)CCO2. The molecule has 5 rings (SSSR count). The van der Waals surface area contributed by atoms with Crippen molar-refractivity contribution >= 4 is 16.7 Å². The minimum Gasteiger partial charge on any atom is -0.493 e. The Hall–Kier alpha value is -3.86. The lowest BCUT2D eigenvalue weighted by Gasteiger charge is -2.18. The average molecular weight is 397 g/mol. The molecule has 0 bridgehead atoms. The topological polar surface area (TPSA) is 68.5 Å². The van der Waals surface area contributed by atoms with Crippen LogP contribution in [0.3, 0.4) is 0 Å². The lowest BCUT2D eigenvalue weighted by molar-refractivity contribution is 0.0685. The number of hydrogen-bond donors (Lipinski definition) is 1. The molecule has 0 unspecified atom stereocenters. The summed E-state index contributed by atoms with van der Waals surface area (Å²) in [6.07, 6.45) is 0.816. The fourth-order valence-corrected chi connectivity index (χ4v) is 4.19. The molecule has 0 spiro atoms. The van der Waals surface area contributed by atoms with E-state index in [4.69, 9.17) is 4.74 Å². The van der Waals surface area contributed by atoms with Crippen LogP contribution in [-0.4, -0.2) is 22.2 Å². The Morgan fingerprint density at radius 1 is 0.967 bits per heavy atom. The number of nitrogens with zero attached hydrogens (tertiary/aromatic N) is 1. The number of pyridine rings is 1. The van der Waals surface area contributed by atoms with Gasteiger partial charge in [-0.3, -0.25) is 9.36 Å². The van der Waals surface area contributed by atoms with Crippen LogP contribution in [0.5, 0.6) is 5.75 Å². The average Bonchev–Trinajstić information content (AvgIpc) is 3.24. The number of carboxylic acids is 1. The molecule has 1 aliphatic rings. The number of carbonyl (C=O) groups is 1. The molecule has 0 amide bonds. The highest BCUT2D eigenvalue weighted by atomic mass is 16.5. The van der Waals surface area contributed by atoms with Gasteiger partial charge >= 0.3 is 5.97 Å². The van der Waals surface area contributed by atoms with Crippen LogP contribution >= 0.6 is 0 Å². The first-order valence-electron chi connectivity index (χ1n) is 9.82. The van der Waals surface area contributed by atoms with E-state index in [2.05, 4.69) is 0 Å². The Balaban J connectivity index is 1.79. The van der Waals surface area contributed by atoms with Crippen LogP contribution < -0.4 is 10.3 Å². The third-order valence-electron chi connectivity index (χ3n) is 5.54. The molecule has 0 saturated carbocycles. The van der Waals surface area contributed by atoms with Gasteiger partial charge in [0, 0.05) is 17.4 Å². The predicted octanol–water partition coefficient (Wildman–Crippen LogP) is 4.35. The molecule has 0 fully saturated rings. The molecule has 0 aliphatic carbocycles. The Labute approximate surface area is 172 Å². The van der Waals surface area contributed by atoms with Gasteiger partial charge in [0.2, 0.25) is 0 Å². The van der Waals surface area contributed by atoms with Gasteiger partial charge in [-0.15, -0.1) is 0 Å². The van der Waals surface area contributed by atoms with Crippen molar-refractivity contribution in [2.75, 3.05) is 6.61 Å². The fourth-order valence-electron chi connectivity index (χ4n) is 4.19. The molecule has 0 radical (unpaired) electrons. The highest BCUT2D eigenvalue weighted by Crippen LogP contribution is 2.32. The second-order valence-electron chi connectivity index (χ2n) is 7.37. The summed E-state index contributed by atoms with van der Waals surface area (Å²) in [6.45, 7) is 0.825. The highest BCUT2D eigenvalue weighted by Gasteiger charge is 2.23. The monoisotopic (exact) mass is 397 g/mol. The van der Waals surface area contributed by atoms with E-state index in [0.717, 1.165) is 28.9 Å². The molecule has 0 atom stereocenters. The summed E-state index contributed by atoms with van der Waals surface area (Å²) in [7, 11) is 0. The normalized spacial score (nSPS) is 12.5. The molecular formula is C25H19NO4. The van der Waals surface area contributed by atoms with Gasteiger partial charge < -0.3 is 9.84 Å². The number of aromatic nitrogens is 1. The van der Waals surface area contributed by atoms with Gasteiger partial charge in [0.1, 0.15) is 11.4 Å². The van der Waals surface area contributed by atoms with Crippen molar-refractivity contribution in [2.24, 2.45) is 0 Å². The molecule has 1 N–H and O–H groups in total. The maximum Gasteiger partial charge on any atom is 0.353 e. The first-order valence-corrected chi connectivity index (χ1v) is 9.82. The summed E-state index contributed by atoms with van der Waals surface area (Å²) >= 11 is 0. The van der Waals surface area contributed by atoms with Crippen molar-refractivity contribution in [1.82, 2.24) is 4.57 Å². The van der Waals surface area contributed by atoms with Gasteiger partial charge in [0.15, 0.2) is 0 Å². The van der Waals surface area contributed by atoms with E-state index < -0.39 is 5.97 Å². The Morgan fingerprint density at radius 2 is 1.70 bits per heavy atom. The Bertz CT molecular complexity index is 1340. The molecule has 5 heteroatoms. The molecule has 1 aromatic heterocycles.